The van der Waals surface area contributed by atoms with Crippen LogP contribution in [0.4, 0.5) is 0 Å². The van der Waals surface area contributed by atoms with Gasteiger partial charge in [-0.1, -0.05) is 0 Å². The van der Waals surface area contributed by atoms with E-state index in [4.69, 9.17) is 9.94 Å². The van der Waals surface area contributed by atoms with Crippen molar-refractivity contribution in [3.63, 3.8) is 0 Å². The van der Waals surface area contributed by atoms with Crippen molar-refractivity contribution in [1.29, 1.82) is 0 Å². The summed E-state index contributed by atoms with van der Waals surface area (Å²) in [4.78, 5) is 21.7. The largest absolute Gasteiger partial charge is 0.460 e. The Kier molecular flexibility index (Phi) is 4.56. The summed E-state index contributed by atoms with van der Waals surface area (Å²) in [7, 11) is 0. The highest BCUT2D eigenvalue weighted by Gasteiger charge is 2.17. The molecule has 0 aliphatic heterocycles. The van der Waals surface area contributed by atoms with Crippen molar-refractivity contribution >= 4 is 11.9 Å². The fourth-order valence-corrected chi connectivity index (χ4v) is 0.747. The molecule has 0 heterocycles. The van der Waals surface area contributed by atoms with Crippen LogP contribution in [0.1, 0.15) is 34.1 Å². The van der Waals surface area contributed by atoms with E-state index in [1.807, 2.05) is 0 Å². The van der Waals surface area contributed by atoms with Gasteiger partial charge in [0.2, 0.25) is 5.91 Å². The van der Waals surface area contributed by atoms with Crippen LogP contribution in [0.2, 0.25) is 0 Å². The molecule has 0 rings (SSSR count). The summed E-state index contributed by atoms with van der Waals surface area (Å²) < 4.78 is 4.98. The molecule has 5 heteroatoms. The minimum atomic E-state index is -0.534. The van der Waals surface area contributed by atoms with E-state index < -0.39 is 17.5 Å². The summed E-state index contributed by atoms with van der Waals surface area (Å²) >= 11 is 0. The quantitative estimate of drug-likeness (QED) is 0.421. The molecular formula is C9H17NO4. The molecule has 0 aliphatic carbocycles. The summed E-state index contributed by atoms with van der Waals surface area (Å²) in [5, 5.41) is 9.44. The molecule has 82 valence electrons. The Balaban J connectivity index is 3.81. The van der Waals surface area contributed by atoms with Gasteiger partial charge in [0, 0.05) is 6.92 Å². The second kappa shape index (κ2) is 4.95. The average Bonchev–Trinajstić information content (AvgIpc) is 1.96. The second-order valence-corrected chi connectivity index (χ2v) is 3.98. The average molecular weight is 203 g/mol. The van der Waals surface area contributed by atoms with E-state index in [2.05, 4.69) is 0 Å². The number of ether oxygens (including phenoxy) is 1. The maximum Gasteiger partial charge on any atom is 0.308 e. The van der Waals surface area contributed by atoms with Crippen molar-refractivity contribution < 1.29 is 19.5 Å². The van der Waals surface area contributed by atoms with Crippen LogP contribution in [0.5, 0.6) is 0 Å². The SMILES string of the molecule is CC(=O)N(O)CCC(=O)OC(C)(C)C. The molecule has 14 heavy (non-hydrogen) atoms. The van der Waals surface area contributed by atoms with Gasteiger partial charge in [-0.25, -0.2) is 5.06 Å². The number of carbonyl (C=O) groups is 2. The van der Waals surface area contributed by atoms with Crippen LogP contribution in [0.15, 0.2) is 0 Å². The molecule has 1 N–H and O–H groups in total. The van der Waals surface area contributed by atoms with Gasteiger partial charge in [-0.3, -0.25) is 14.8 Å². The predicted octanol–water partition coefficient (Wildman–Crippen LogP) is 0.956. The number of amides is 1. The molecule has 0 bridgehead atoms. The highest BCUT2D eigenvalue weighted by Crippen LogP contribution is 2.08. The number of nitrogens with zero attached hydrogens (tertiary/aromatic N) is 1. The van der Waals surface area contributed by atoms with Gasteiger partial charge in [0.15, 0.2) is 0 Å². The molecule has 0 fully saturated rings. The molecule has 0 aromatic heterocycles. The topological polar surface area (TPSA) is 66.8 Å². The highest BCUT2D eigenvalue weighted by atomic mass is 16.6. The number of hydrogen-bond acceptors (Lipinski definition) is 4. The van der Waals surface area contributed by atoms with Crippen LogP contribution in [-0.4, -0.2) is 34.3 Å². The molecule has 0 radical (unpaired) electrons. The third-order valence-corrected chi connectivity index (χ3v) is 1.31. The first-order chi connectivity index (χ1) is 6.22. The monoisotopic (exact) mass is 203 g/mol. The van der Waals surface area contributed by atoms with Crippen LogP contribution >= 0.6 is 0 Å². The normalized spacial score (nSPS) is 10.9. The Hall–Kier alpha value is -1.10. The molecule has 0 unspecified atom stereocenters. The molecule has 0 aromatic carbocycles. The summed E-state index contributed by atoms with van der Waals surface area (Å²) in [5.41, 5.74) is -0.534. The fraction of sp³-hybridized carbons (Fsp3) is 0.778. The lowest BCUT2D eigenvalue weighted by molar-refractivity contribution is -0.168. The van der Waals surface area contributed by atoms with Crippen molar-refractivity contribution in [2.45, 2.75) is 39.7 Å². The first kappa shape index (κ1) is 12.9. The molecule has 0 aromatic rings. The lowest BCUT2D eigenvalue weighted by Crippen LogP contribution is -2.30. The molecule has 0 saturated carbocycles. The zero-order valence-corrected chi connectivity index (χ0v) is 9.03. The van der Waals surface area contributed by atoms with Crippen LogP contribution in [0.25, 0.3) is 0 Å². The lowest BCUT2D eigenvalue weighted by atomic mass is 10.2. The Bertz CT molecular complexity index is 219. The molecule has 1 amide bonds. The fourth-order valence-electron chi connectivity index (χ4n) is 0.747. The third kappa shape index (κ3) is 6.42. The Morgan fingerprint density at radius 3 is 2.21 bits per heavy atom. The van der Waals surface area contributed by atoms with Gasteiger partial charge in [-0.2, -0.15) is 0 Å². The van der Waals surface area contributed by atoms with Gasteiger partial charge in [0.1, 0.15) is 5.60 Å². The number of carbonyl (C=O) groups excluding carboxylic acids is 2. The van der Waals surface area contributed by atoms with E-state index in [-0.39, 0.29) is 13.0 Å². The molecule has 0 aliphatic rings. The van der Waals surface area contributed by atoms with E-state index in [1.165, 1.54) is 6.92 Å². The van der Waals surface area contributed by atoms with E-state index in [0.717, 1.165) is 0 Å². The van der Waals surface area contributed by atoms with Gasteiger partial charge in [-0.15, -0.1) is 0 Å². The molecule has 0 atom stereocenters. The Morgan fingerprint density at radius 1 is 1.36 bits per heavy atom. The van der Waals surface area contributed by atoms with E-state index in [9.17, 15) is 9.59 Å². The van der Waals surface area contributed by atoms with Crippen molar-refractivity contribution in [2.24, 2.45) is 0 Å². The van der Waals surface area contributed by atoms with Crippen molar-refractivity contribution in [3.8, 4) is 0 Å². The minimum absolute atomic E-state index is 0.00660. The van der Waals surface area contributed by atoms with Gasteiger partial charge >= 0.3 is 5.97 Å². The maximum absolute atomic E-state index is 11.1. The zero-order valence-electron chi connectivity index (χ0n) is 9.03. The van der Waals surface area contributed by atoms with Gasteiger partial charge in [0.25, 0.3) is 0 Å². The van der Waals surface area contributed by atoms with E-state index >= 15 is 0 Å². The number of hydroxylamine groups is 2. The number of rotatable bonds is 3. The van der Waals surface area contributed by atoms with Crippen LogP contribution < -0.4 is 0 Å². The van der Waals surface area contributed by atoms with Crippen LogP contribution in [0.3, 0.4) is 0 Å². The lowest BCUT2D eigenvalue weighted by Gasteiger charge is -2.20. The molecule has 0 spiro atoms. The first-order valence-electron chi connectivity index (χ1n) is 4.41. The molecule has 5 nitrogen and oxygen atoms in total. The number of esters is 1. The number of hydrogen-bond donors (Lipinski definition) is 1. The molecule has 0 saturated heterocycles. The van der Waals surface area contributed by atoms with Gasteiger partial charge in [-0.05, 0) is 20.8 Å². The smallest absolute Gasteiger partial charge is 0.308 e. The zero-order chi connectivity index (χ0) is 11.4. The third-order valence-electron chi connectivity index (χ3n) is 1.31. The standard InChI is InChI=1S/C9H17NO4/c1-7(11)10(13)6-5-8(12)14-9(2,3)4/h13H,5-6H2,1-4H3. The van der Waals surface area contributed by atoms with Crippen LogP contribution in [0, 0.1) is 0 Å². The Morgan fingerprint density at radius 2 is 1.86 bits per heavy atom. The molecular weight excluding hydrogens is 186 g/mol. The second-order valence-electron chi connectivity index (χ2n) is 3.98. The van der Waals surface area contributed by atoms with Crippen molar-refractivity contribution in [3.05, 3.63) is 0 Å². The minimum Gasteiger partial charge on any atom is -0.460 e. The summed E-state index contributed by atoms with van der Waals surface area (Å²) in [6.07, 6.45) is -0.00660. The van der Waals surface area contributed by atoms with Gasteiger partial charge in [0.05, 0.1) is 13.0 Å². The van der Waals surface area contributed by atoms with Gasteiger partial charge < -0.3 is 4.74 Å². The maximum atomic E-state index is 11.1. The summed E-state index contributed by atoms with van der Waals surface area (Å²) in [6.45, 7) is 6.45. The summed E-state index contributed by atoms with van der Waals surface area (Å²) in [5.74, 6) is -0.925. The van der Waals surface area contributed by atoms with Crippen molar-refractivity contribution in [2.75, 3.05) is 6.54 Å². The van der Waals surface area contributed by atoms with E-state index in [0.29, 0.717) is 5.06 Å². The van der Waals surface area contributed by atoms with Crippen molar-refractivity contribution in [1.82, 2.24) is 5.06 Å². The first-order valence-corrected chi connectivity index (χ1v) is 4.41. The Labute approximate surface area is 83.6 Å². The van der Waals surface area contributed by atoms with E-state index in [1.54, 1.807) is 20.8 Å². The highest BCUT2D eigenvalue weighted by molar-refractivity contribution is 5.74. The summed E-state index contributed by atoms with van der Waals surface area (Å²) in [6, 6.07) is 0. The van der Waals surface area contributed by atoms with Crippen LogP contribution in [-0.2, 0) is 14.3 Å². The predicted molar refractivity (Wildman–Crippen MR) is 49.6 cm³/mol.